The highest BCUT2D eigenvalue weighted by Gasteiger charge is 2.16. The summed E-state index contributed by atoms with van der Waals surface area (Å²) < 4.78 is 0. The lowest BCUT2D eigenvalue weighted by Gasteiger charge is -2.28. The lowest BCUT2D eigenvalue weighted by atomic mass is 10.1. The quantitative estimate of drug-likeness (QED) is 0.803. The number of carbonyl (C=O) groups excluding carboxylic acids is 1. The van der Waals surface area contributed by atoms with E-state index in [1.807, 2.05) is 13.8 Å². The Bertz CT molecular complexity index is 478. The Kier molecular flexibility index (Phi) is 4.69. The van der Waals surface area contributed by atoms with Gasteiger partial charge in [0.1, 0.15) is 6.07 Å². The van der Waals surface area contributed by atoms with Crippen LogP contribution < -0.4 is 10.6 Å². The van der Waals surface area contributed by atoms with E-state index in [0.29, 0.717) is 16.8 Å². The lowest BCUT2D eigenvalue weighted by Crippen LogP contribution is -2.39. The molecule has 1 aromatic rings. The predicted molar refractivity (Wildman–Crippen MR) is 68.8 cm³/mol. The number of primary amides is 1. The van der Waals surface area contributed by atoms with Gasteiger partial charge in [-0.25, -0.2) is 0 Å². The first-order valence-electron chi connectivity index (χ1n) is 5.68. The second kappa shape index (κ2) is 6.03. The van der Waals surface area contributed by atoms with Crippen LogP contribution in [0.2, 0.25) is 0 Å². The Morgan fingerprint density at radius 2 is 2.22 bits per heavy atom. The summed E-state index contributed by atoms with van der Waals surface area (Å²) in [6, 6.07) is 7.19. The van der Waals surface area contributed by atoms with E-state index in [4.69, 9.17) is 16.1 Å². The third-order valence-corrected chi connectivity index (χ3v) is 2.62. The van der Waals surface area contributed by atoms with Gasteiger partial charge in [0, 0.05) is 6.04 Å². The number of hydrogen-bond acceptors (Lipinski definition) is 4. The van der Waals surface area contributed by atoms with Crippen LogP contribution in [0, 0.1) is 11.3 Å². The van der Waals surface area contributed by atoms with E-state index in [1.54, 1.807) is 23.1 Å². The van der Waals surface area contributed by atoms with Gasteiger partial charge in [0.15, 0.2) is 0 Å². The Morgan fingerprint density at radius 3 is 2.67 bits per heavy atom. The summed E-state index contributed by atoms with van der Waals surface area (Å²) in [5.41, 5.74) is 6.96. The van der Waals surface area contributed by atoms with Crippen molar-refractivity contribution in [1.82, 2.24) is 0 Å². The van der Waals surface area contributed by atoms with Gasteiger partial charge in [-0.2, -0.15) is 5.26 Å². The number of amides is 1. The maximum atomic E-state index is 11.1. The molecule has 0 heterocycles. The van der Waals surface area contributed by atoms with Gasteiger partial charge in [-0.05, 0) is 31.5 Å². The molecule has 0 atom stereocenters. The first-order valence-corrected chi connectivity index (χ1v) is 5.68. The Labute approximate surface area is 106 Å². The predicted octanol–water partition coefficient (Wildman–Crippen LogP) is 0.751. The Balaban J connectivity index is 3.20. The van der Waals surface area contributed by atoms with Gasteiger partial charge in [0.2, 0.25) is 5.91 Å². The molecule has 5 heteroatoms. The number of aliphatic hydroxyl groups excluding tert-OH is 1. The summed E-state index contributed by atoms with van der Waals surface area (Å²) in [6.07, 6.45) is 0. The van der Waals surface area contributed by atoms with Gasteiger partial charge in [0.25, 0.3) is 0 Å². The smallest absolute Gasteiger partial charge is 0.236 e. The molecule has 0 aliphatic heterocycles. The molecule has 1 rings (SSSR count). The number of nitrogens with two attached hydrogens (primary N) is 1. The van der Waals surface area contributed by atoms with Crippen LogP contribution in [0.25, 0.3) is 0 Å². The number of nitrogens with zero attached hydrogens (tertiary/aromatic N) is 2. The largest absolute Gasteiger partial charge is 0.392 e. The Morgan fingerprint density at radius 1 is 1.56 bits per heavy atom. The van der Waals surface area contributed by atoms with Crippen molar-refractivity contribution in [2.75, 3.05) is 11.4 Å². The van der Waals surface area contributed by atoms with Gasteiger partial charge in [-0.15, -0.1) is 0 Å². The molecule has 0 fully saturated rings. The molecular weight excluding hydrogens is 230 g/mol. The maximum Gasteiger partial charge on any atom is 0.236 e. The first kappa shape index (κ1) is 14.0. The third-order valence-electron chi connectivity index (χ3n) is 2.62. The minimum absolute atomic E-state index is 0.0459. The van der Waals surface area contributed by atoms with Gasteiger partial charge in [-0.3, -0.25) is 4.79 Å². The van der Waals surface area contributed by atoms with Gasteiger partial charge >= 0.3 is 0 Å². The van der Waals surface area contributed by atoms with Crippen molar-refractivity contribution in [2.45, 2.75) is 26.5 Å². The van der Waals surface area contributed by atoms with Crippen LogP contribution in [0.1, 0.15) is 25.0 Å². The fourth-order valence-electron chi connectivity index (χ4n) is 1.74. The summed E-state index contributed by atoms with van der Waals surface area (Å²) in [5, 5.41) is 18.2. The van der Waals surface area contributed by atoms with Crippen LogP contribution in [0.4, 0.5) is 5.69 Å². The fraction of sp³-hybridized carbons (Fsp3) is 0.385. The van der Waals surface area contributed by atoms with Crippen molar-refractivity contribution in [3.63, 3.8) is 0 Å². The van der Waals surface area contributed by atoms with Crippen molar-refractivity contribution < 1.29 is 9.90 Å². The second-order valence-electron chi connectivity index (χ2n) is 4.31. The number of aliphatic hydroxyl groups is 1. The van der Waals surface area contributed by atoms with E-state index in [9.17, 15) is 4.79 Å². The van der Waals surface area contributed by atoms with Crippen molar-refractivity contribution in [3.05, 3.63) is 29.3 Å². The van der Waals surface area contributed by atoms with Crippen molar-refractivity contribution in [1.29, 1.82) is 5.26 Å². The van der Waals surface area contributed by atoms with Crippen LogP contribution in [0.3, 0.4) is 0 Å². The molecule has 18 heavy (non-hydrogen) atoms. The van der Waals surface area contributed by atoms with E-state index in [2.05, 4.69) is 6.07 Å². The highest BCUT2D eigenvalue weighted by molar-refractivity contribution is 5.80. The van der Waals surface area contributed by atoms with Crippen LogP contribution >= 0.6 is 0 Å². The zero-order valence-corrected chi connectivity index (χ0v) is 10.6. The zero-order chi connectivity index (χ0) is 13.7. The number of rotatable bonds is 5. The van der Waals surface area contributed by atoms with E-state index in [0.717, 1.165) is 0 Å². The van der Waals surface area contributed by atoms with E-state index in [1.165, 1.54) is 0 Å². The lowest BCUT2D eigenvalue weighted by molar-refractivity contribution is -0.116. The van der Waals surface area contributed by atoms with Gasteiger partial charge in [0.05, 0.1) is 24.4 Å². The molecule has 0 aliphatic rings. The van der Waals surface area contributed by atoms with Crippen LogP contribution in [-0.4, -0.2) is 23.6 Å². The summed E-state index contributed by atoms with van der Waals surface area (Å²) >= 11 is 0. The molecule has 0 aliphatic carbocycles. The third kappa shape index (κ3) is 3.22. The van der Waals surface area contributed by atoms with E-state index < -0.39 is 5.91 Å². The zero-order valence-electron chi connectivity index (χ0n) is 10.6. The highest BCUT2D eigenvalue weighted by atomic mass is 16.3. The SMILES string of the molecule is CC(C)N(CC(N)=O)c1ccc(CO)cc1C#N. The number of nitriles is 1. The second-order valence-corrected chi connectivity index (χ2v) is 4.31. The molecule has 1 aromatic carbocycles. The van der Waals surface area contributed by atoms with E-state index in [-0.39, 0.29) is 19.2 Å². The molecular formula is C13H17N3O2. The molecule has 1 amide bonds. The summed E-state index contributed by atoms with van der Waals surface area (Å²) in [6.45, 7) is 3.78. The summed E-state index contributed by atoms with van der Waals surface area (Å²) in [7, 11) is 0. The summed E-state index contributed by atoms with van der Waals surface area (Å²) in [5.74, 6) is -0.446. The highest BCUT2D eigenvalue weighted by Crippen LogP contribution is 2.23. The number of hydrogen-bond donors (Lipinski definition) is 2. The topological polar surface area (TPSA) is 90.3 Å². The standard InChI is InChI=1S/C13H17N3O2/c1-9(2)16(7-13(15)18)12-4-3-10(8-17)5-11(12)6-14/h3-5,9,17H,7-8H2,1-2H3,(H2,15,18). The normalized spacial score (nSPS) is 10.2. The molecule has 5 nitrogen and oxygen atoms in total. The van der Waals surface area contributed by atoms with Gasteiger partial charge in [-0.1, -0.05) is 6.07 Å². The molecule has 0 bridgehead atoms. The summed E-state index contributed by atoms with van der Waals surface area (Å²) in [4.78, 5) is 12.8. The number of carbonyl (C=O) groups is 1. The minimum Gasteiger partial charge on any atom is -0.392 e. The molecule has 96 valence electrons. The minimum atomic E-state index is -0.446. The molecule has 0 radical (unpaired) electrons. The average molecular weight is 247 g/mol. The maximum absolute atomic E-state index is 11.1. The fourth-order valence-corrected chi connectivity index (χ4v) is 1.74. The Hall–Kier alpha value is -2.06. The van der Waals surface area contributed by atoms with E-state index >= 15 is 0 Å². The first-order chi connectivity index (χ1) is 8.49. The van der Waals surface area contributed by atoms with Crippen molar-refractivity contribution in [3.8, 4) is 6.07 Å². The van der Waals surface area contributed by atoms with Crippen LogP contribution in [0.15, 0.2) is 18.2 Å². The molecule has 0 unspecified atom stereocenters. The van der Waals surface area contributed by atoms with Crippen LogP contribution in [0.5, 0.6) is 0 Å². The molecule has 0 saturated heterocycles. The average Bonchev–Trinajstić information content (AvgIpc) is 2.34. The molecule has 0 aromatic heterocycles. The van der Waals surface area contributed by atoms with Gasteiger partial charge < -0.3 is 15.7 Å². The van der Waals surface area contributed by atoms with Crippen molar-refractivity contribution in [2.24, 2.45) is 5.73 Å². The number of benzene rings is 1. The molecule has 3 N–H and O–H groups in total. The van der Waals surface area contributed by atoms with Crippen molar-refractivity contribution >= 4 is 11.6 Å². The molecule has 0 spiro atoms. The monoisotopic (exact) mass is 247 g/mol. The van der Waals surface area contributed by atoms with Crippen LogP contribution in [-0.2, 0) is 11.4 Å². The molecule has 0 saturated carbocycles. The number of anilines is 1.